The van der Waals surface area contributed by atoms with Crippen LogP contribution in [0.4, 0.5) is 0 Å². The summed E-state index contributed by atoms with van der Waals surface area (Å²) in [7, 11) is 0. The highest BCUT2D eigenvalue weighted by atomic mass is 16.2. The molecular formula is C16H15BO. The lowest BCUT2D eigenvalue weighted by Crippen LogP contribution is -2.44. The minimum Gasteiger partial charge on any atom is -0.443 e. The lowest BCUT2D eigenvalue weighted by atomic mass is 9.53. The first-order chi connectivity index (χ1) is 8.77. The van der Waals surface area contributed by atoms with Gasteiger partial charge in [0, 0.05) is 0 Å². The van der Waals surface area contributed by atoms with Crippen molar-refractivity contribution in [3.05, 3.63) is 72.8 Å². The van der Waals surface area contributed by atoms with Gasteiger partial charge in [0.1, 0.15) is 0 Å². The largest absolute Gasteiger partial charge is 0.443 e. The smallest absolute Gasteiger partial charge is 0.360 e. The molecule has 18 heavy (non-hydrogen) atoms. The van der Waals surface area contributed by atoms with E-state index < -0.39 is 6.92 Å². The Morgan fingerprint density at radius 3 is 1.56 bits per heavy atom. The van der Waals surface area contributed by atoms with E-state index in [9.17, 15) is 5.02 Å². The highest BCUT2D eigenvalue weighted by Crippen LogP contribution is 2.03. The molecule has 0 radical (unpaired) electrons. The van der Waals surface area contributed by atoms with E-state index in [2.05, 4.69) is 13.2 Å². The van der Waals surface area contributed by atoms with Crippen LogP contribution in [0.5, 0.6) is 0 Å². The molecule has 0 saturated heterocycles. The topological polar surface area (TPSA) is 20.2 Å². The van der Waals surface area contributed by atoms with Crippen LogP contribution in [0.15, 0.2) is 61.7 Å². The molecule has 0 unspecified atom stereocenters. The molecule has 0 amide bonds. The molecule has 0 atom stereocenters. The molecule has 0 aliphatic carbocycles. The SMILES string of the molecule is C=Cc1ccccc1B(O)c1ccccc1C=C. The lowest BCUT2D eigenvalue weighted by molar-refractivity contribution is 0.600. The number of benzene rings is 2. The van der Waals surface area contributed by atoms with Crippen LogP contribution in [0.2, 0.25) is 0 Å². The number of hydrogen-bond donors (Lipinski definition) is 1. The molecule has 2 aromatic rings. The first-order valence-electron chi connectivity index (χ1n) is 5.88. The summed E-state index contributed by atoms with van der Waals surface area (Å²) in [5, 5.41) is 10.5. The lowest BCUT2D eigenvalue weighted by Gasteiger charge is -2.13. The zero-order valence-electron chi connectivity index (χ0n) is 10.2. The van der Waals surface area contributed by atoms with E-state index in [-0.39, 0.29) is 0 Å². The molecule has 0 fully saturated rings. The fraction of sp³-hybridized carbons (Fsp3) is 0. The monoisotopic (exact) mass is 234 g/mol. The third-order valence-corrected chi connectivity index (χ3v) is 3.02. The van der Waals surface area contributed by atoms with Gasteiger partial charge >= 0.3 is 6.92 Å². The second kappa shape index (κ2) is 5.52. The quantitative estimate of drug-likeness (QED) is 0.803. The molecule has 1 N–H and O–H groups in total. The second-order valence-corrected chi connectivity index (χ2v) is 4.07. The van der Waals surface area contributed by atoms with Crippen LogP contribution in [0.1, 0.15) is 11.1 Å². The Balaban J connectivity index is 2.50. The van der Waals surface area contributed by atoms with Crippen LogP contribution in [0, 0.1) is 0 Å². The van der Waals surface area contributed by atoms with E-state index in [1.165, 1.54) is 0 Å². The van der Waals surface area contributed by atoms with E-state index in [1.54, 1.807) is 12.2 Å². The van der Waals surface area contributed by atoms with E-state index in [4.69, 9.17) is 0 Å². The maximum absolute atomic E-state index is 10.5. The van der Waals surface area contributed by atoms with Crippen LogP contribution >= 0.6 is 0 Å². The van der Waals surface area contributed by atoms with Crippen molar-refractivity contribution in [1.29, 1.82) is 0 Å². The molecule has 0 aliphatic rings. The van der Waals surface area contributed by atoms with Gasteiger partial charge in [0.2, 0.25) is 0 Å². The van der Waals surface area contributed by atoms with Crippen molar-refractivity contribution in [2.45, 2.75) is 0 Å². The van der Waals surface area contributed by atoms with Crippen LogP contribution in [0.3, 0.4) is 0 Å². The summed E-state index contributed by atoms with van der Waals surface area (Å²) in [6.07, 6.45) is 3.52. The van der Waals surface area contributed by atoms with Crippen molar-refractivity contribution in [2.24, 2.45) is 0 Å². The van der Waals surface area contributed by atoms with E-state index in [0.717, 1.165) is 22.1 Å². The maximum Gasteiger partial charge on any atom is 0.360 e. The van der Waals surface area contributed by atoms with E-state index >= 15 is 0 Å². The van der Waals surface area contributed by atoms with Crippen molar-refractivity contribution in [1.82, 2.24) is 0 Å². The Labute approximate surface area is 108 Å². The molecular weight excluding hydrogens is 219 g/mol. The maximum atomic E-state index is 10.5. The Kier molecular flexibility index (Phi) is 3.80. The average molecular weight is 234 g/mol. The van der Waals surface area contributed by atoms with Gasteiger partial charge in [-0.2, -0.15) is 0 Å². The van der Waals surface area contributed by atoms with Gasteiger partial charge in [-0.25, -0.2) is 0 Å². The van der Waals surface area contributed by atoms with Crippen LogP contribution in [0.25, 0.3) is 12.2 Å². The summed E-state index contributed by atoms with van der Waals surface area (Å²) in [5.74, 6) is 0. The Hall–Kier alpha value is -2.06. The molecule has 88 valence electrons. The fourth-order valence-electron chi connectivity index (χ4n) is 2.06. The van der Waals surface area contributed by atoms with Gasteiger partial charge in [0.05, 0.1) is 0 Å². The van der Waals surface area contributed by atoms with Gasteiger partial charge < -0.3 is 5.02 Å². The predicted octanol–water partition coefficient (Wildman–Crippen LogP) is 2.07. The highest BCUT2D eigenvalue weighted by Gasteiger charge is 2.20. The molecule has 1 nitrogen and oxygen atoms in total. The zero-order valence-corrected chi connectivity index (χ0v) is 10.2. The van der Waals surface area contributed by atoms with Gasteiger partial charge in [0.25, 0.3) is 0 Å². The predicted molar refractivity (Wildman–Crippen MR) is 80.3 cm³/mol. The average Bonchev–Trinajstić information content (AvgIpc) is 2.46. The molecule has 2 aromatic carbocycles. The summed E-state index contributed by atoms with van der Waals surface area (Å²) in [5.41, 5.74) is 3.62. The van der Waals surface area contributed by atoms with Gasteiger partial charge in [-0.1, -0.05) is 73.8 Å². The van der Waals surface area contributed by atoms with Gasteiger partial charge in [0.15, 0.2) is 0 Å². The molecule has 0 spiro atoms. The van der Waals surface area contributed by atoms with Crippen molar-refractivity contribution >= 4 is 30.0 Å². The molecule has 0 saturated carbocycles. The summed E-state index contributed by atoms with van der Waals surface area (Å²) >= 11 is 0. The van der Waals surface area contributed by atoms with E-state index in [1.807, 2.05) is 48.5 Å². The van der Waals surface area contributed by atoms with E-state index in [0.29, 0.717) is 0 Å². The van der Waals surface area contributed by atoms with Gasteiger partial charge in [-0.05, 0) is 22.1 Å². The standard InChI is InChI=1S/C16H15BO/c1-3-13-9-5-7-11-15(13)17(18)16-12-8-6-10-14(16)4-2/h3-12,18H,1-2H2. The van der Waals surface area contributed by atoms with Crippen molar-refractivity contribution in [3.63, 3.8) is 0 Å². The molecule has 2 rings (SSSR count). The van der Waals surface area contributed by atoms with Crippen LogP contribution < -0.4 is 10.9 Å². The minimum atomic E-state index is -0.659. The van der Waals surface area contributed by atoms with Crippen LogP contribution in [-0.4, -0.2) is 11.9 Å². The molecule has 2 heteroatoms. The summed E-state index contributed by atoms with van der Waals surface area (Å²) < 4.78 is 0. The normalized spacial score (nSPS) is 9.83. The second-order valence-electron chi connectivity index (χ2n) is 4.07. The molecule has 0 aromatic heterocycles. The number of hydrogen-bond acceptors (Lipinski definition) is 1. The Morgan fingerprint density at radius 1 is 0.778 bits per heavy atom. The van der Waals surface area contributed by atoms with Crippen molar-refractivity contribution in [2.75, 3.05) is 0 Å². The Morgan fingerprint density at radius 2 is 1.17 bits per heavy atom. The molecule has 0 aliphatic heterocycles. The zero-order chi connectivity index (χ0) is 13.0. The van der Waals surface area contributed by atoms with Gasteiger partial charge in [-0.3, -0.25) is 0 Å². The van der Waals surface area contributed by atoms with Crippen molar-refractivity contribution < 1.29 is 5.02 Å². The number of rotatable bonds is 4. The highest BCUT2D eigenvalue weighted by molar-refractivity contribution is 6.80. The third kappa shape index (κ3) is 2.29. The minimum absolute atomic E-state index is 0.659. The third-order valence-electron chi connectivity index (χ3n) is 3.02. The molecule has 0 bridgehead atoms. The first-order valence-corrected chi connectivity index (χ1v) is 5.88. The fourth-order valence-corrected chi connectivity index (χ4v) is 2.06. The van der Waals surface area contributed by atoms with Crippen LogP contribution in [-0.2, 0) is 0 Å². The van der Waals surface area contributed by atoms with Crippen molar-refractivity contribution in [3.8, 4) is 0 Å². The molecule has 0 heterocycles. The summed E-state index contributed by atoms with van der Waals surface area (Å²) in [6, 6.07) is 15.4. The summed E-state index contributed by atoms with van der Waals surface area (Å²) in [6.45, 7) is 6.90. The first kappa shape index (κ1) is 12.4. The Bertz CT molecular complexity index is 523. The summed E-state index contributed by atoms with van der Waals surface area (Å²) in [4.78, 5) is 0. The van der Waals surface area contributed by atoms with Gasteiger partial charge in [-0.15, -0.1) is 0 Å².